The van der Waals surface area contributed by atoms with Crippen LogP contribution in [0.15, 0.2) is 24.3 Å². The molecule has 0 aliphatic carbocycles. The van der Waals surface area contributed by atoms with Crippen LogP contribution in [0.1, 0.15) is 45.7 Å². The van der Waals surface area contributed by atoms with Crippen LogP contribution in [-0.4, -0.2) is 29.3 Å². The molecule has 0 bridgehead atoms. The van der Waals surface area contributed by atoms with Crippen LogP contribution in [-0.2, 0) is 22.6 Å². The fourth-order valence-electron chi connectivity index (χ4n) is 2.75. The predicted octanol–water partition coefficient (Wildman–Crippen LogP) is 2.76. The van der Waals surface area contributed by atoms with Crippen molar-refractivity contribution in [3.63, 3.8) is 0 Å². The first-order chi connectivity index (χ1) is 10.7. The van der Waals surface area contributed by atoms with E-state index in [9.17, 15) is 9.59 Å². The normalized spacial score (nSPS) is 16.0. The smallest absolute Gasteiger partial charge is 0.245 e. The van der Waals surface area contributed by atoms with Crippen LogP contribution < -0.4 is 5.32 Å². The fourth-order valence-corrected chi connectivity index (χ4v) is 2.75. The second-order valence-corrected chi connectivity index (χ2v) is 7.72. The van der Waals surface area contributed by atoms with E-state index in [-0.39, 0.29) is 17.7 Å². The molecule has 1 aromatic rings. The van der Waals surface area contributed by atoms with Crippen LogP contribution in [0.3, 0.4) is 0 Å². The van der Waals surface area contributed by atoms with Crippen LogP contribution in [0, 0.1) is 11.3 Å². The average Bonchev–Trinajstić information content (AvgIpc) is 2.50. The summed E-state index contributed by atoms with van der Waals surface area (Å²) in [4.78, 5) is 27.1. The molecule has 0 fully saturated rings. The number of fused-ring (bicyclic) bond motifs is 1. The Morgan fingerprint density at radius 1 is 1.13 bits per heavy atom. The summed E-state index contributed by atoms with van der Waals surface area (Å²) < 4.78 is 0. The Labute approximate surface area is 139 Å². The number of rotatable bonds is 3. The molecule has 126 valence electrons. The zero-order valence-corrected chi connectivity index (χ0v) is 14.8. The van der Waals surface area contributed by atoms with Crippen molar-refractivity contribution in [2.24, 2.45) is 11.3 Å². The van der Waals surface area contributed by atoms with E-state index in [1.54, 1.807) is 0 Å². The maximum Gasteiger partial charge on any atom is 0.245 e. The van der Waals surface area contributed by atoms with Crippen molar-refractivity contribution in [1.82, 2.24) is 10.2 Å². The first kappa shape index (κ1) is 17.5. The third-order valence-electron chi connectivity index (χ3n) is 4.34. The van der Waals surface area contributed by atoms with Gasteiger partial charge in [-0.1, -0.05) is 58.9 Å². The second kappa shape index (κ2) is 6.73. The Balaban J connectivity index is 2.12. The van der Waals surface area contributed by atoms with Crippen molar-refractivity contribution < 1.29 is 9.59 Å². The lowest BCUT2D eigenvalue weighted by molar-refractivity contribution is -0.140. The van der Waals surface area contributed by atoms with E-state index in [2.05, 4.69) is 17.4 Å². The van der Waals surface area contributed by atoms with Gasteiger partial charge in [0.2, 0.25) is 11.8 Å². The molecule has 1 aliphatic rings. The zero-order chi connectivity index (χ0) is 17.2. The molecule has 1 heterocycles. The molecule has 1 aliphatic heterocycles. The van der Waals surface area contributed by atoms with E-state index in [1.165, 1.54) is 11.1 Å². The highest BCUT2D eigenvalue weighted by Crippen LogP contribution is 2.21. The molecule has 0 saturated heterocycles. The molecule has 0 spiro atoms. The summed E-state index contributed by atoms with van der Waals surface area (Å²) in [5.41, 5.74) is 2.02. The number of carbonyl (C=O) groups excluding carboxylic acids is 2. The van der Waals surface area contributed by atoms with E-state index in [0.29, 0.717) is 13.1 Å². The first-order valence-corrected chi connectivity index (χ1v) is 8.36. The predicted molar refractivity (Wildman–Crippen MR) is 91.8 cm³/mol. The summed E-state index contributed by atoms with van der Waals surface area (Å²) >= 11 is 0. The van der Waals surface area contributed by atoms with Gasteiger partial charge in [-0.15, -0.1) is 0 Å². The lowest BCUT2D eigenvalue weighted by Gasteiger charge is -2.34. The van der Waals surface area contributed by atoms with Crippen molar-refractivity contribution >= 4 is 11.8 Å². The van der Waals surface area contributed by atoms with Crippen LogP contribution in [0.5, 0.6) is 0 Å². The maximum absolute atomic E-state index is 12.9. The number of carbonyl (C=O) groups is 2. The Hall–Kier alpha value is -1.84. The van der Waals surface area contributed by atoms with Gasteiger partial charge >= 0.3 is 0 Å². The highest BCUT2D eigenvalue weighted by atomic mass is 16.2. The first-order valence-electron chi connectivity index (χ1n) is 8.36. The molecular formula is C19H28N2O2. The lowest BCUT2D eigenvalue weighted by Crippen LogP contribution is -2.54. The van der Waals surface area contributed by atoms with Gasteiger partial charge in [-0.05, 0) is 23.5 Å². The summed E-state index contributed by atoms with van der Waals surface area (Å²) in [7, 11) is 0. The van der Waals surface area contributed by atoms with Crippen molar-refractivity contribution in [2.75, 3.05) is 6.54 Å². The molecule has 1 aromatic carbocycles. The minimum atomic E-state index is -0.498. The number of amides is 2. The quantitative estimate of drug-likeness (QED) is 0.932. The van der Waals surface area contributed by atoms with Crippen LogP contribution in [0.4, 0.5) is 0 Å². The van der Waals surface area contributed by atoms with E-state index in [4.69, 9.17) is 0 Å². The minimum Gasteiger partial charge on any atom is -0.344 e. The lowest BCUT2D eigenvalue weighted by atomic mass is 9.93. The molecule has 0 radical (unpaired) electrons. The molecule has 4 nitrogen and oxygen atoms in total. The van der Waals surface area contributed by atoms with Gasteiger partial charge in [0.1, 0.15) is 6.04 Å². The van der Waals surface area contributed by atoms with Gasteiger partial charge in [-0.3, -0.25) is 9.59 Å². The number of nitrogens with one attached hydrogen (secondary N) is 1. The van der Waals surface area contributed by atoms with Crippen LogP contribution in [0.25, 0.3) is 0 Å². The van der Waals surface area contributed by atoms with E-state index < -0.39 is 11.5 Å². The number of hydrogen-bond donors (Lipinski definition) is 1. The van der Waals surface area contributed by atoms with Gasteiger partial charge in [0.15, 0.2) is 0 Å². The Bertz CT molecular complexity index is 587. The van der Waals surface area contributed by atoms with Gasteiger partial charge in [0.25, 0.3) is 0 Å². The third-order valence-corrected chi connectivity index (χ3v) is 4.34. The largest absolute Gasteiger partial charge is 0.344 e. The van der Waals surface area contributed by atoms with Crippen molar-refractivity contribution in [3.05, 3.63) is 35.4 Å². The molecule has 1 atom stereocenters. The SMILES string of the molecule is CC(C)[C@@H](NC(=O)C(C)(C)C)C(=O)N1CCc2ccccc2C1. The summed E-state index contributed by atoms with van der Waals surface area (Å²) in [6, 6.07) is 7.78. The van der Waals surface area contributed by atoms with E-state index in [1.807, 2.05) is 51.7 Å². The fraction of sp³-hybridized carbons (Fsp3) is 0.579. The number of benzene rings is 1. The molecule has 1 N–H and O–H groups in total. The van der Waals surface area contributed by atoms with Crippen molar-refractivity contribution in [1.29, 1.82) is 0 Å². The van der Waals surface area contributed by atoms with Gasteiger partial charge in [-0.25, -0.2) is 0 Å². The Kier molecular flexibility index (Phi) is 5.12. The van der Waals surface area contributed by atoms with Gasteiger partial charge < -0.3 is 10.2 Å². The summed E-state index contributed by atoms with van der Waals surface area (Å²) in [5, 5.41) is 2.95. The average molecular weight is 316 g/mol. The molecule has 2 rings (SSSR count). The number of nitrogens with zero attached hydrogens (tertiary/aromatic N) is 1. The summed E-state index contributed by atoms with van der Waals surface area (Å²) in [6.45, 7) is 10.9. The third kappa shape index (κ3) is 4.12. The summed E-state index contributed by atoms with van der Waals surface area (Å²) in [5.74, 6) is 0.0000305. The molecule has 23 heavy (non-hydrogen) atoms. The Morgan fingerprint density at radius 3 is 2.30 bits per heavy atom. The molecular weight excluding hydrogens is 288 g/mol. The maximum atomic E-state index is 12.9. The topological polar surface area (TPSA) is 49.4 Å². The van der Waals surface area contributed by atoms with Gasteiger partial charge in [0.05, 0.1) is 0 Å². The highest BCUT2D eigenvalue weighted by molar-refractivity contribution is 5.90. The monoisotopic (exact) mass is 316 g/mol. The molecule has 0 saturated carbocycles. The van der Waals surface area contributed by atoms with Gasteiger partial charge in [-0.2, -0.15) is 0 Å². The highest BCUT2D eigenvalue weighted by Gasteiger charge is 2.33. The van der Waals surface area contributed by atoms with Crippen molar-refractivity contribution in [3.8, 4) is 0 Å². The van der Waals surface area contributed by atoms with Gasteiger partial charge in [0, 0.05) is 18.5 Å². The van der Waals surface area contributed by atoms with E-state index in [0.717, 1.165) is 6.42 Å². The van der Waals surface area contributed by atoms with Crippen LogP contribution in [0.2, 0.25) is 0 Å². The van der Waals surface area contributed by atoms with Crippen LogP contribution >= 0.6 is 0 Å². The van der Waals surface area contributed by atoms with E-state index >= 15 is 0 Å². The molecule has 2 amide bonds. The standard InChI is InChI=1S/C19H28N2O2/c1-13(2)16(20-18(23)19(3,4)5)17(22)21-11-10-14-8-6-7-9-15(14)12-21/h6-9,13,16H,10-12H2,1-5H3,(H,20,23)/t16-/m1/s1. The molecule has 0 unspecified atom stereocenters. The second-order valence-electron chi connectivity index (χ2n) is 7.72. The molecule has 4 heteroatoms. The Morgan fingerprint density at radius 2 is 1.74 bits per heavy atom. The molecule has 0 aromatic heterocycles. The minimum absolute atomic E-state index is 0.0205. The van der Waals surface area contributed by atoms with Crippen molar-refractivity contribution in [2.45, 2.75) is 53.6 Å². The summed E-state index contributed by atoms with van der Waals surface area (Å²) in [6.07, 6.45) is 0.875. The zero-order valence-electron chi connectivity index (χ0n) is 14.8. The number of hydrogen-bond acceptors (Lipinski definition) is 2.